The van der Waals surface area contributed by atoms with E-state index < -0.39 is 5.79 Å². The molecule has 1 aromatic heterocycles. The van der Waals surface area contributed by atoms with Gasteiger partial charge in [0.05, 0.1) is 27.4 Å². The van der Waals surface area contributed by atoms with Crippen molar-refractivity contribution >= 4 is 0 Å². The van der Waals surface area contributed by atoms with Crippen molar-refractivity contribution in [2.75, 3.05) is 27.4 Å². The van der Waals surface area contributed by atoms with E-state index in [2.05, 4.69) is 6.92 Å². The van der Waals surface area contributed by atoms with Crippen LogP contribution >= 0.6 is 0 Å². The Hall–Kier alpha value is -2.83. The minimum absolute atomic E-state index is 0.174. The average molecular weight is 436 g/mol. The number of ether oxygens (including phenoxy) is 4. The summed E-state index contributed by atoms with van der Waals surface area (Å²) in [4.78, 5) is 5.05. The van der Waals surface area contributed by atoms with Crippen molar-refractivity contribution < 1.29 is 23.4 Å². The van der Waals surface area contributed by atoms with Crippen LogP contribution in [0.15, 0.2) is 52.9 Å². The van der Waals surface area contributed by atoms with Crippen molar-refractivity contribution in [3.05, 3.63) is 54.4 Å². The largest absolute Gasteiger partial charge is 0.497 e. The zero-order valence-corrected chi connectivity index (χ0v) is 18.8. The van der Waals surface area contributed by atoms with Crippen molar-refractivity contribution in [1.29, 1.82) is 0 Å². The fourth-order valence-corrected chi connectivity index (χ4v) is 4.64. The van der Waals surface area contributed by atoms with Gasteiger partial charge < -0.3 is 23.4 Å². The van der Waals surface area contributed by atoms with Crippen molar-refractivity contribution in [2.45, 2.75) is 43.8 Å². The first-order valence-electron chi connectivity index (χ1n) is 11.1. The number of oxazole rings is 1. The highest BCUT2D eigenvalue weighted by atomic mass is 16.7. The summed E-state index contributed by atoms with van der Waals surface area (Å²) in [5.74, 6) is 2.74. The lowest BCUT2D eigenvalue weighted by atomic mass is 9.73. The molecule has 1 saturated heterocycles. The molecule has 1 spiro atoms. The van der Waals surface area contributed by atoms with Gasteiger partial charge in [-0.2, -0.15) is 0 Å². The summed E-state index contributed by atoms with van der Waals surface area (Å²) in [5, 5.41) is 0. The molecule has 5 rings (SSSR count). The van der Waals surface area contributed by atoms with Crippen LogP contribution in [0.1, 0.15) is 38.5 Å². The molecule has 3 aromatic rings. The smallest absolute Gasteiger partial charge is 0.201 e. The SMILES string of the molecule is COc1ccc(-c2nc(C3(C)CCC4(CC3)OCCO4)oc2-c2ccc(OC)cc2)cc1. The third-order valence-corrected chi connectivity index (χ3v) is 6.79. The van der Waals surface area contributed by atoms with Gasteiger partial charge in [0, 0.05) is 29.4 Å². The second-order valence-electron chi connectivity index (χ2n) is 8.82. The summed E-state index contributed by atoms with van der Waals surface area (Å²) in [6.45, 7) is 3.59. The second-order valence-corrected chi connectivity index (χ2v) is 8.82. The molecular weight excluding hydrogens is 406 g/mol. The van der Waals surface area contributed by atoms with Gasteiger partial charge in [0.1, 0.15) is 17.2 Å². The molecule has 1 aliphatic heterocycles. The highest BCUT2D eigenvalue weighted by Crippen LogP contribution is 2.47. The van der Waals surface area contributed by atoms with E-state index in [0.29, 0.717) is 13.2 Å². The summed E-state index contributed by atoms with van der Waals surface area (Å²) in [5.41, 5.74) is 2.62. The molecule has 0 N–H and O–H groups in total. The zero-order chi connectivity index (χ0) is 22.2. The van der Waals surface area contributed by atoms with Crippen LogP contribution < -0.4 is 9.47 Å². The number of rotatable bonds is 5. The van der Waals surface area contributed by atoms with Gasteiger partial charge in [-0.3, -0.25) is 0 Å². The molecule has 168 valence electrons. The number of nitrogens with zero attached hydrogens (tertiary/aromatic N) is 1. The Balaban J connectivity index is 1.52. The molecular formula is C26H29NO5. The van der Waals surface area contributed by atoms with Gasteiger partial charge in [-0.05, 0) is 61.4 Å². The Bertz CT molecular complexity index is 990. The quantitative estimate of drug-likeness (QED) is 0.520. The summed E-state index contributed by atoms with van der Waals surface area (Å²) in [7, 11) is 3.33. The third-order valence-electron chi connectivity index (χ3n) is 6.79. The van der Waals surface area contributed by atoms with E-state index in [-0.39, 0.29) is 5.41 Å². The van der Waals surface area contributed by atoms with Crippen LogP contribution in [0, 0.1) is 0 Å². The fourth-order valence-electron chi connectivity index (χ4n) is 4.64. The number of aromatic nitrogens is 1. The summed E-state index contributed by atoms with van der Waals surface area (Å²) in [6.07, 6.45) is 3.50. The lowest BCUT2D eigenvalue weighted by Gasteiger charge is -2.39. The molecule has 2 heterocycles. The zero-order valence-electron chi connectivity index (χ0n) is 18.8. The lowest BCUT2D eigenvalue weighted by molar-refractivity contribution is -0.185. The molecule has 0 amide bonds. The van der Waals surface area contributed by atoms with Crippen LogP contribution in [-0.2, 0) is 14.9 Å². The van der Waals surface area contributed by atoms with E-state index in [1.165, 1.54) is 0 Å². The van der Waals surface area contributed by atoms with E-state index in [4.69, 9.17) is 28.3 Å². The fraction of sp³-hybridized carbons (Fsp3) is 0.423. The minimum atomic E-state index is -0.413. The number of hydrogen-bond donors (Lipinski definition) is 0. The summed E-state index contributed by atoms with van der Waals surface area (Å²) < 4.78 is 29.0. The molecule has 2 aliphatic rings. The van der Waals surface area contributed by atoms with Gasteiger partial charge in [0.15, 0.2) is 11.5 Å². The van der Waals surface area contributed by atoms with Crippen molar-refractivity contribution in [3.8, 4) is 34.1 Å². The van der Waals surface area contributed by atoms with Crippen molar-refractivity contribution in [1.82, 2.24) is 4.98 Å². The predicted octanol–water partition coefficient (Wildman–Crippen LogP) is 5.60. The van der Waals surface area contributed by atoms with Gasteiger partial charge in [-0.25, -0.2) is 4.98 Å². The van der Waals surface area contributed by atoms with Crippen LogP contribution in [0.4, 0.5) is 0 Å². The van der Waals surface area contributed by atoms with E-state index in [1.807, 2.05) is 48.5 Å². The Morgan fingerprint density at radius 1 is 0.750 bits per heavy atom. The summed E-state index contributed by atoms with van der Waals surface area (Å²) >= 11 is 0. The third kappa shape index (κ3) is 3.78. The van der Waals surface area contributed by atoms with E-state index in [9.17, 15) is 0 Å². The van der Waals surface area contributed by atoms with Gasteiger partial charge in [0.25, 0.3) is 0 Å². The maximum Gasteiger partial charge on any atom is 0.201 e. The maximum absolute atomic E-state index is 6.51. The highest BCUT2D eigenvalue weighted by molar-refractivity contribution is 5.77. The second kappa shape index (κ2) is 8.26. The minimum Gasteiger partial charge on any atom is -0.497 e. The molecule has 2 fully saturated rings. The normalized spacial score (nSPS) is 19.2. The van der Waals surface area contributed by atoms with Crippen LogP contribution in [0.25, 0.3) is 22.6 Å². The first-order valence-corrected chi connectivity index (χ1v) is 11.1. The molecule has 1 aliphatic carbocycles. The van der Waals surface area contributed by atoms with Crippen LogP contribution in [0.3, 0.4) is 0 Å². The Labute approximate surface area is 188 Å². The van der Waals surface area contributed by atoms with Gasteiger partial charge in [-0.1, -0.05) is 6.92 Å². The Morgan fingerprint density at radius 2 is 1.28 bits per heavy atom. The number of hydrogen-bond acceptors (Lipinski definition) is 6. The molecule has 32 heavy (non-hydrogen) atoms. The molecule has 0 atom stereocenters. The Kier molecular flexibility index (Phi) is 5.43. The van der Waals surface area contributed by atoms with Crippen molar-refractivity contribution in [2.24, 2.45) is 0 Å². The number of benzene rings is 2. The topological polar surface area (TPSA) is 63.0 Å². The predicted molar refractivity (Wildman–Crippen MR) is 121 cm³/mol. The molecule has 0 unspecified atom stereocenters. The Morgan fingerprint density at radius 3 is 1.81 bits per heavy atom. The number of methoxy groups -OCH3 is 2. The van der Waals surface area contributed by atoms with Crippen LogP contribution in [0.5, 0.6) is 11.5 Å². The van der Waals surface area contributed by atoms with E-state index in [0.717, 1.165) is 65.7 Å². The molecule has 6 nitrogen and oxygen atoms in total. The average Bonchev–Trinajstić information content (AvgIpc) is 3.50. The summed E-state index contributed by atoms with van der Waals surface area (Å²) in [6, 6.07) is 15.8. The van der Waals surface area contributed by atoms with Gasteiger partial charge in [0.2, 0.25) is 5.89 Å². The maximum atomic E-state index is 6.51. The van der Waals surface area contributed by atoms with Crippen molar-refractivity contribution in [3.63, 3.8) is 0 Å². The standard InChI is InChI=1S/C26H29NO5/c1-25(12-14-26(15-13-25)30-16-17-31-26)24-27-22(18-4-8-20(28-2)9-5-18)23(32-24)19-6-10-21(29-3)11-7-19/h4-11H,12-17H2,1-3H3. The van der Waals surface area contributed by atoms with E-state index >= 15 is 0 Å². The molecule has 0 radical (unpaired) electrons. The lowest BCUT2D eigenvalue weighted by Crippen LogP contribution is -2.40. The highest BCUT2D eigenvalue weighted by Gasteiger charge is 2.47. The molecule has 1 saturated carbocycles. The molecule has 2 aromatic carbocycles. The monoisotopic (exact) mass is 435 g/mol. The van der Waals surface area contributed by atoms with Gasteiger partial charge >= 0.3 is 0 Å². The first-order chi connectivity index (χ1) is 15.5. The van der Waals surface area contributed by atoms with Gasteiger partial charge in [-0.15, -0.1) is 0 Å². The van der Waals surface area contributed by atoms with Crippen LogP contribution in [-0.4, -0.2) is 38.2 Å². The van der Waals surface area contributed by atoms with E-state index in [1.54, 1.807) is 14.2 Å². The van der Waals surface area contributed by atoms with Crippen LogP contribution in [0.2, 0.25) is 0 Å². The first kappa shape index (κ1) is 21.0. The molecule has 6 heteroatoms. The molecule has 0 bridgehead atoms.